The molecule has 0 bridgehead atoms. The minimum Gasteiger partial charge on any atom is -0.376 e. The standard InChI is InChI=1S/C20H27FN2O3/c21-18-6-2-1-4-16(18)12-22-19(24)14-7-9-15(10-8-14)20(25)23-13-17-5-3-11-26-17/h1-2,4,6,14-15,17H,3,5,7-13H2,(H,22,24)(H,23,25). The van der Waals surface area contributed by atoms with Crippen molar-refractivity contribution in [2.45, 2.75) is 51.2 Å². The van der Waals surface area contributed by atoms with Gasteiger partial charge >= 0.3 is 0 Å². The number of amides is 2. The molecule has 1 aliphatic heterocycles. The average molecular weight is 362 g/mol. The van der Waals surface area contributed by atoms with Crippen molar-refractivity contribution in [3.63, 3.8) is 0 Å². The molecule has 6 heteroatoms. The van der Waals surface area contributed by atoms with E-state index in [4.69, 9.17) is 4.74 Å². The first-order chi connectivity index (χ1) is 12.6. The summed E-state index contributed by atoms with van der Waals surface area (Å²) in [5.41, 5.74) is 0.489. The van der Waals surface area contributed by atoms with E-state index < -0.39 is 0 Å². The summed E-state index contributed by atoms with van der Waals surface area (Å²) in [6, 6.07) is 6.45. The van der Waals surface area contributed by atoms with Crippen LogP contribution in [0.2, 0.25) is 0 Å². The van der Waals surface area contributed by atoms with Gasteiger partial charge in [0.25, 0.3) is 0 Å². The van der Waals surface area contributed by atoms with Crippen molar-refractivity contribution in [1.29, 1.82) is 0 Å². The van der Waals surface area contributed by atoms with Gasteiger partial charge in [0.1, 0.15) is 5.82 Å². The molecule has 1 atom stereocenters. The summed E-state index contributed by atoms with van der Waals surface area (Å²) >= 11 is 0. The molecule has 1 aromatic rings. The van der Waals surface area contributed by atoms with E-state index in [0.29, 0.717) is 24.9 Å². The van der Waals surface area contributed by atoms with Crippen LogP contribution in [0.4, 0.5) is 4.39 Å². The molecule has 1 unspecified atom stereocenters. The van der Waals surface area contributed by atoms with Gasteiger partial charge in [-0.25, -0.2) is 4.39 Å². The minimum atomic E-state index is -0.306. The summed E-state index contributed by atoms with van der Waals surface area (Å²) in [5.74, 6) is -0.396. The summed E-state index contributed by atoms with van der Waals surface area (Å²) in [4.78, 5) is 24.6. The lowest BCUT2D eigenvalue weighted by Crippen LogP contribution is -2.39. The third-order valence-corrected chi connectivity index (χ3v) is 5.41. The highest BCUT2D eigenvalue weighted by Gasteiger charge is 2.30. The number of halogens is 1. The van der Waals surface area contributed by atoms with Gasteiger partial charge in [-0.2, -0.15) is 0 Å². The molecule has 2 amide bonds. The SMILES string of the molecule is O=C(NCc1ccccc1F)C1CCC(C(=O)NCC2CCCO2)CC1. The maximum Gasteiger partial charge on any atom is 0.223 e. The Morgan fingerprint density at radius 3 is 2.27 bits per heavy atom. The summed E-state index contributed by atoms with van der Waals surface area (Å²) < 4.78 is 19.1. The molecule has 142 valence electrons. The van der Waals surface area contributed by atoms with Gasteiger partial charge in [0.05, 0.1) is 6.10 Å². The van der Waals surface area contributed by atoms with Crippen LogP contribution in [0.1, 0.15) is 44.1 Å². The van der Waals surface area contributed by atoms with E-state index in [1.807, 2.05) is 0 Å². The Hall–Kier alpha value is -1.95. The van der Waals surface area contributed by atoms with Crippen LogP contribution < -0.4 is 10.6 Å². The van der Waals surface area contributed by atoms with Gasteiger partial charge < -0.3 is 15.4 Å². The molecule has 2 aliphatic rings. The molecular formula is C20H27FN2O3. The molecule has 1 heterocycles. The van der Waals surface area contributed by atoms with Crippen LogP contribution in [-0.4, -0.2) is 31.1 Å². The number of hydrogen-bond donors (Lipinski definition) is 2. The Morgan fingerprint density at radius 2 is 1.65 bits per heavy atom. The molecule has 1 saturated heterocycles. The number of benzene rings is 1. The second kappa shape index (κ2) is 9.12. The fourth-order valence-corrected chi connectivity index (χ4v) is 3.75. The Morgan fingerprint density at radius 1 is 1.00 bits per heavy atom. The van der Waals surface area contributed by atoms with Crippen molar-refractivity contribution in [1.82, 2.24) is 10.6 Å². The van der Waals surface area contributed by atoms with Crippen molar-refractivity contribution in [3.8, 4) is 0 Å². The van der Waals surface area contributed by atoms with Gasteiger partial charge in [0.2, 0.25) is 11.8 Å². The summed E-state index contributed by atoms with van der Waals surface area (Å²) in [6.07, 6.45) is 5.05. The van der Waals surface area contributed by atoms with E-state index in [0.717, 1.165) is 32.3 Å². The number of carbonyl (C=O) groups is 2. The highest BCUT2D eigenvalue weighted by molar-refractivity contribution is 5.81. The highest BCUT2D eigenvalue weighted by Crippen LogP contribution is 2.29. The summed E-state index contributed by atoms with van der Waals surface area (Å²) in [6.45, 7) is 1.57. The quantitative estimate of drug-likeness (QED) is 0.817. The molecule has 1 aromatic carbocycles. The first kappa shape index (κ1) is 18.8. The van der Waals surface area contributed by atoms with Crippen LogP contribution in [0.5, 0.6) is 0 Å². The Kier molecular flexibility index (Phi) is 6.61. The number of ether oxygens (including phenoxy) is 1. The molecule has 5 nitrogen and oxygen atoms in total. The van der Waals surface area contributed by atoms with Gasteiger partial charge in [-0.05, 0) is 44.6 Å². The van der Waals surface area contributed by atoms with E-state index in [-0.39, 0.29) is 42.1 Å². The topological polar surface area (TPSA) is 67.4 Å². The minimum absolute atomic E-state index is 0.0213. The van der Waals surface area contributed by atoms with Crippen LogP contribution in [0.25, 0.3) is 0 Å². The number of hydrogen-bond acceptors (Lipinski definition) is 3. The third-order valence-electron chi connectivity index (χ3n) is 5.41. The molecule has 0 radical (unpaired) electrons. The highest BCUT2D eigenvalue weighted by atomic mass is 19.1. The lowest BCUT2D eigenvalue weighted by atomic mass is 9.81. The molecule has 1 saturated carbocycles. The van der Waals surface area contributed by atoms with E-state index in [2.05, 4.69) is 10.6 Å². The molecule has 0 aromatic heterocycles. The van der Waals surface area contributed by atoms with Gasteiger partial charge in [-0.1, -0.05) is 18.2 Å². The second-order valence-corrected chi connectivity index (χ2v) is 7.24. The van der Waals surface area contributed by atoms with E-state index in [9.17, 15) is 14.0 Å². The second-order valence-electron chi connectivity index (χ2n) is 7.24. The van der Waals surface area contributed by atoms with Crippen molar-refractivity contribution in [2.75, 3.05) is 13.2 Å². The van der Waals surface area contributed by atoms with Crippen LogP contribution in [0, 0.1) is 17.7 Å². The molecule has 2 N–H and O–H groups in total. The molecule has 3 rings (SSSR count). The fourth-order valence-electron chi connectivity index (χ4n) is 3.75. The van der Waals surface area contributed by atoms with Crippen LogP contribution in [-0.2, 0) is 20.9 Å². The van der Waals surface area contributed by atoms with Crippen LogP contribution in [0.3, 0.4) is 0 Å². The van der Waals surface area contributed by atoms with Gasteiger partial charge in [-0.15, -0.1) is 0 Å². The summed E-state index contributed by atoms with van der Waals surface area (Å²) in [7, 11) is 0. The first-order valence-electron chi connectivity index (χ1n) is 9.54. The molecular weight excluding hydrogens is 335 g/mol. The number of rotatable bonds is 6. The molecule has 26 heavy (non-hydrogen) atoms. The summed E-state index contributed by atoms with van der Waals surface area (Å²) in [5, 5.41) is 5.80. The normalized spacial score (nSPS) is 25.7. The average Bonchev–Trinajstić information content (AvgIpc) is 3.19. The Balaban J connectivity index is 1.37. The van der Waals surface area contributed by atoms with Crippen molar-refractivity contribution < 1.29 is 18.7 Å². The van der Waals surface area contributed by atoms with E-state index in [1.165, 1.54) is 6.07 Å². The largest absolute Gasteiger partial charge is 0.376 e. The zero-order valence-corrected chi connectivity index (χ0v) is 15.0. The lowest BCUT2D eigenvalue weighted by molar-refractivity contribution is -0.130. The third kappa shape index (κ3) is 5.04. The van der Waals surface area contributed by atoms with Crippen molar-refractivity contribution in [2.24, 2.45) is 11.8 Å². The zero-order valence-electron chi connectivity index (χ0n) is 15.0. The number of carbonyl (C=O) groups excluding carboxylic acids is 2. The van der Waals surface area contributed by atoms with Crippen molar-refractivity contribution in [3.05, 3.63) is 35.6 Å². The predicted molar refractivity (Wildman–Crippen MR) is 95.7 cm³/mol. The van der Waals surface area contributed by atoms with E-state index in [1.54, 1.807) is 18.2 Å². The van der Waals surface area contributed by atoms with Crippen LogP contribution >= 0.6 is 0 Å². The Labute approximate surface area is 153 Å². The first-order valence-corrected chi connectivity index (χ1v) is 9.54. The Bertz CT molecular complexity index is 623. The number of nitrogens with one attached hydrogen (secondary N) is 2. The lowest BCUT2D eigenvalue weighted by Gasteiger charge is -2.27. The van der Waals surface area contributed by atoms with Gasteiger partial charge in [-0.3, -0.25) is 9.59 Å². The molecule has 0 spiro atoms. The smallest absolute Gasteiger partial charge is 0.223 e. The van der Waals surface area contributed by atoms with Gasteiger partial charge in [0.15, 0.2) is 0 Å². The predicted octanol–water partition coefficient (Wildman–Crippen LogP) is 2.54. The van der Waals surface area contributed by atoms with E-state index >= 15 is 0 Å². The monoisotopic (exact) mass is 362 g/mol. The molecule has 2 fully saturated rings. The van der Waals surface area contributed by atoms with Crippen molar-refractivity contribution >= 4 is 11.8 Å². The zero-order chi connectivity index (χ0) is 18.4. The maximum atomic E-state index is 13.6. The maximum absolute atomic E-state index is 13.6. The fraction of sp³-hybridized carbons (Fsp3) is 0.600. The van der Waals surface area contributed by atoms with Gasteiger partial charge in [0, 0.05) is 37.1 Å². The van der Waals surface area contributed by atoms with Crippen LogP contribution in [0.15, 0.2) is 24.3 Å². The molecule has 1 aliphatic carbocycles.